The summed E-state index contributed by atoms with van der Waals surface area (Å²) in [5.41, 5.74) is 1.50. The summed E-state index contributed by atoms with van der Waals surface area (Å²) in [7, 11) is 1.34. The summed E-state index contributed by atoms with van der Waals surface area (Å²) in [6.07, 6.45) is 0. The van der Waals surface area contributed by atoms with Crippen LogP contribution in [0.5, 0.6) is 17.2 Å². The summed E-state index contributed by atoms with van der Waals surface area (Å²) in [4.78, 5) is 23.6. The van der Waals surface area contributed by atoms with Crippen LogP contribution in [0.4, 0.5) is 14.5 Å². The first-order valence-electron chi connectivity index (χ1n) is 7.93. The molecule has 2 amide bonds. The lowest BCUT2D eigenvalue weighted by molar-refractivity contribution is -0.118. The molecule has 0 aliphatic carbocycles. The number of hydrogen-bond donors (Lipinski definition) is 2. The van der Waals surface area contributed by atoms with Crippen LogP contribution < -0.4 is 24.8 Å². The molecular formula is C18H16F2N2O5. The van der Waals surface area contributed by atoms with E-state index >= 15 is 0 Å². The smallest absolute Gasteiger partial charge is 0.387 e. The van der Waals surface area contributed by atoms with Gasteiger partial charge in [-0.1, -0.05) is 6.07 Å². The molecule has 0 radical (unpaired) electrons. The van der Waals surface area contributed by atoms with E-state index in [9.17, 15) is 18.4 Å². The van der Waals surface area contributed by atoms with Crippen LogP contribution >= 0.6 is 0 Å². The Bertz CT molecular complexity index is 873. The molecule has 142 valence electrons. The highest BCUT2D eigenvalue weighted by Crippen LogP contribution is 2.30. The van der Waals surface area contributed by atoms with Crippen LogP contribution in [0.15, 0.2) is 36.4 Å². The number of methoxy groups -OCH3 is 1. The van der Waals surface area contributed by atoms with E-state index < -0.39 is 6.61 Å². The van der Waals surface area contributed by atoms with E-state index in [-0.39, 0.29) is 36.5 Å². The summed E-state index contributed by atoms with van der Waals surface area (Å²) in [6, 6.07) is 9.08. The molecule has 0 bridgehead atoms. The Balaban J connectivity index is 1.66. The predicted octanol–water partition coefficient (Wildman–Crippen LogP) is 2.56. The number of nitrogens with one attached hydrogen (secondary N) is 2. The summed E-state index contributed by atoms with van der Waals surface area (Å²) in [5, 5.41) is 5.36. The number of halogens is 2. The molecule has 2 aromatic carbocycles. The van der Waals surface area contributed by atoms with Crippen LogP contribution in [0.2, 0.25) is 0 Å². The van der Waals surface area contributed by atoms with Crippen molar-refractivity contribution in [3.63, 3.8) is 0 Å². The van der Waals surface area contributed by atoms with Crippen LogP contribution in [-0.4, -0.2) is 32.1 Å². The van der Waals surface area contributed by atoms with Crippen molar-refractivity contribution in [1.29, 1.82) is 0 Å². The van der Waals surface area contributed by atoms with Crippen molar-refractivity contribution in [3.05, 3.63) is 47.5 Å². The molecule has 1 aliphatic heterocycles. The van der Waals surface area contributed by atoms with Crippen LogP contribution in [0.3, 0.4) is 0 Å². The third-order valence-electron chi connectivity index (χ3n) is 3.77. The zero-order valence-corrected chi connectivity index (χ0v) is 14.3. The van der Waals surface area contributed by atoms with E-state index in [1.807, 2.05) is 0 Å². The van der Waals surface area contributed by atoms with E-state index in [2.05, 4.69) is 15.4 Å². The monoisotopic (exact) mass is 378 g/mol. The van der Waals surface area contributed by atoms with Gasteiger partial charge in [0.2, 0.25) is 0 Å². The van der Waals surface area contributed by atoms with Gasteiger partial charge in [0.05, 0.1) is 12.8 Å². The van der Waals surface area contributed by atoms with Gasteiger partial charge in [-0.25, -0.2) is 0 Å². The van der Waals surface area contributed by atoms with Crippen molar-refractivity contribution < 1.29 is 32.6 Å². The number of carbonyl (C=O) groups excluding carboxylic acids is 2. The Kier molecular flexibility index (Phi) is 5.39. The topological polar surface area (TPSA) is 85.9 Å². The fourth-order valence-corrected chi connectivity index (χ4v) is 2.52. The molecule has 0 saturated heterocycles. The Morgan fingerprint density at radius 2 is 2.07 bits per heavy atom. The maximum Gasteiger partial charge on any atom is 0.387 e. The molecule has 2 N–H and O–H groups in total. The third-order valence-corrected chi connectivity index (χ3v) is 3.77. The van der Waals surface area contributed by atoms with E-state index in [1.165, 1.54) is 25.3 Å². The van der Waals surface area contributed by atoms with E-state index in [4.69, 9.17) is 9.47 Å². The van der Waals surface area contributed by atoms with Crippen LogP contribution in [0.25, 0.3) is 0 Å². The van der Waals surface area contributed by atoms with Gasteiger partial charge in [-0.3, -0.25) is 9.59 Å². The highest BCUT2D eigenvalue weighted by Gasteiger charge is 2.18. The standard InChI is InChI=1S/C18H16F2N2O5/c1-25-15-6-10(2-5-13(15)27-18(19)20)8-21-17(24)11-3-4-12-14(7-11)26-9-16(23)22-12/h2-7,18H,8-9H2,1H3,(H,21,24)(H,22,23). The highest BCUT2D eigenvalue weighted by molar-refractivity contribution is 5.98. The average Bonchev–Trinajstić information content (AvgIpc) is 2.66. The van der Waals surface area contributed by atoms with Gasteiger partial charge in [-0.15, -0.1) is 0 Å². The first-order chi connectivity index (χ1) is 13.0. The third kappa shape index (κ3) is 4.43. The molecule has 0 saturated carbocycles. The minimum Gasteiger partial charge on any atom is -0.493 e. The second kappa shape index (κ2) is 7.90. The second-order valence-corrected chi connectivity index (χ2v) is 5.59. The van der Waals surface area contributed by atoms with Crippen LogP contribution in [0, 0.1) is 0 Å². The second-order valence-electron chi connectivity index (χ2n) is 5.59. The molecule has 0 atom stereocenters. The molecule has 9 heteroatoms. The molecule has 0 aromatic heterocycles. The number of ether oxygens (including phenoxy) is 3. The summed E-state index contributed by atoms with van der Waals surface area (Å²) in [6.45, 7) is -2.91. The molecule has 1 aliphatic rings. The molecule has 2 aromatic rings. The van der Waals surface area contributed by atoms with E-state index in [0.717, 1.165) is 0 Å². The van der Waals surface area contributed by atoms with Gasteiger partial charge in [-0.2, -0.15) is 8.78 Å². The number of benzene rings is 2. The Hall–Kier alpha value is -3.36. The van der Waals surface area contributed by atoms with Crippen molar-refractivity contribution in [2.45, 2.75) is 13.2 Å². The van der Waals surface area contributed by atoms with Gasteiger partial charge in [0.1, 0.15) is 5.75 Å². The lowest BCUT2D eigenvalue weighted by Gasteiger charge is -2.18. The van der Waals surface area contributed by atoms with Crippen molar-refractivity contribution in [1.82, 2.24) is 5.32 Å². The van der Waals surface area contributed by atoms with Gasteiger partial charge < -0.3 is 24.8 Å². The SMILES string of the molecule is COc1cc(CNC(=O)c2ccc3c(c2)OCC(=O)N3)ccc1OC(F)F. The first-order valence-corrected chi connectivity index (χ1v) is 7.93. The lowest BCUT2D eigenvalue weighted by atomic mass is 10.1. The first kappa shape index (κ1) is 18.4. The predicted molar refractivity (Wildman–Crippen MR) is 91.4 cm³/mol. The number of fused-ring (bicyclic) bond motifs is 1. The number of carbonyl (C=O) groups is 2. The number of hydrogen-bond acceptors (Lipinski definition) is 5. The maximum atomic E-state index is 12.4. The number of amides is 2. The lowest BCUT2D eigenvalue weighted by Crippen LogP contribution is -2.26. The minimum atomic E-state index is -2.96. The normalized spacial score (nSPS) is 12.7. The van der Waals surface area contributed by atoms with Crippen molar-refractivity contribution in [2.24, 2.45) is 0 Å². The van der Waals surface area contributed by atoms with Gasteiger partial charge in [0.15, 0.2) is 18.1 Å². The Morgan fingerprint density at radius 1 is 1.26 bits per heavy atom. The molecule has 7 nitrogen and oxygen atoms in total. The van der Waals surface area contributed by atoms with Gasteiger partial charge >= 0.3 is 6.61 Å². The van der Waals surface area contributed by atoms with Crippen LogP contribution in [0.1, 0.15) is 15.9 Å². The molecule has 1 heterocycles. The minimum absolute atomic E-state index is 0.0866. The molecule has 27 heavy (non-hydrogen) atoms. The van der Waals surface area contributed by atoms with E-state index in [1.54, 1.807) is 18.2 Å². The average molecular weight is 378 g/mol. The Morgan fingerprint density at radius 3 is 2.81 bits per heavy atom. The zero-order chi connectivity index (χ0) is 19.4. The fourth-order valence-electron chi connectivity index (χ4n) is 2.52. The van der Waals surface area contributed by atoms with Crippen LogP contribution in [-0.2, 0) is 11.3 Å². The zero-order valence-electron chi connectivity index (χ0n) is 14.3. The van der Waals surface area contributed by atoms with Crippen molar-refractivity contribution in [3.8, 4) is 17.2 Å². The van der Waals surface area contributed by atoms with Gasteiger partial charge in [0, 0.05) is 12.1 Å². The summed E-state index contributed by atoms with van der Waals surface area (Å²) in [5.74, 6) is -0.146. The van der Waals surface area contributed by atoms with E-state index in [0.29, 0.717) is 22.6 Å². The quantitative estimate of drug-likeness (QED) is 0.807. The van der Waals surface area contributed by atoms with Gasteiger partial charge in [-0.05, 0) is 35.9 Å². The molecule has 0 fully saturated rings. The van der Waals surface area contributed by atoms with Crippen molar-refractivity contribution >= 4 is 17.5 Å². The molecule has 0 spiro atoms. The highest BCUT2D eigenvalue weighted by atomic mass is 19.3. The summed E-state index contributed by atoms with van der Waals surface area (Å²) >= 11 is 0. The molecular weight excluding hydrogens is 362 g/mol. The molecule has 0 unspecified atom stereocenters. The Labute approximate surface area is 153 Å². The van der Waals surface area contributed by atoms with Gasteiger partial charge in [0.25, 0.3) is 11.8 Å². The molecule has 3 rings (SSSR count). The number of anilines is 1. The van der Waals surface area contributed by atoms with Crippen molar-refractivity contribution in [2.75, 3.05) is 19.0 Å². The number of rotatable bonds is 6. The fraction of sp³-hybridized carbons (Fsp3) is 0.222. The summed E-state index contributed by atoms with van der Waals surface area (Å²) < 4.78 is 39.4. The maximum absolute atomic E-state index is 12.4. The number of alkyl halides is 2. The largest absolute Gasteiger partial charge is 0.493 e.